The normalized spacial score (nSPS) is 22.2. The van der Waals surface area contributed by atoms with Crippen LogP contribution in [0.2, 0.25) is 0 Å². The lowest BCUT2D eigenvalue weighted by Crippen LogP contribution is -2.31. The molecule has 11 heteroatoms. The molecule has 0 unspecified atom stereocenters. The first kappa shape index (κ1) is 25.0. The average molecular weight is 516 g/mol. The smallest absolute Gasteiger partial charge is 0.433 e. The zero-order valence-electron chi connectivity index (χ0n) is 20.3. The van der Waals surface area contributed by atoms with E-state index in [1.165, 1.54) is 6.07 Å². The van der Waals surface area contributed by atoms with Gasteiger partial charge in [0.2, 0.25) is 5.91 Å². The number of halogens is 3. The molecule has 0 bridgehead atoms. The monoisotopic (exact) mass is 515 g/mol. The van der Waals surface area contributed by atoms with Crippen LogP contribution in [0.5, 0.6) is 5.75 Å². The van der Waals surface area contributed by atoms with Crippen molar-refractivity contribution in [3.8, 4) is 5.75 Å². The third-order valence-electron chi connectivity index (χ3n) is 7.03. The minimum atomic E-state index is -4.67. The molecule has 8 nitrogen and oxygen atoms in total. The summed E-state index contributed by atoms with van der Waals surface area (Å²) >= 11 is 0. The highest BCUT2D eigenvalue weighted by Crippen LogP contribution is 2.35. The first-order valence-corrected chi connectivity index (χ1v) is 12.5. The average Bonchev–Trinajstić information content (AvgIpc) is 3.48. The summed E-state index contributed by atoms with van der Waals surface area (Å²) in [6.07, 6.45) is 2.64. The van der Waals surface area contributed by atoms with Crippen LogP contribution in [0.1, 0.15) is 67.7 Å². The number of carbonyl (C=O) groups excluding carboxylic acids is 2. The molecule has 2 amide bonds. The predicted octanol–water partition coefficient (Wildman–Crippen LogP) is 5.11. The van der Waals surface area contributed by atoms with E-state index >= 15 is 0 Å². The zero-order chi connectivity index (χ0) is 26.2. The van der Waals surface area contributed by atoms with Crippen LogP contribution in [-0.4, -0.2) is 39.2 Å². The zero-order valence-corrected chi connectivity index (χ0v) is 20.3. The minimum Gasteiger partial charge on any atom is -0.489 e. The molecule has 1 aliphatic heterocycles. The van der Waals surface area contributed by atoms with Crippen molar-refractivity contribution in [1.82, 2.24) is 20.1 Å². The second-order valence-corrected chi connectivity index (χ2v) is 9.90. The number of nitrogens with one attached hydrogen (secondary N) is 2. The van der Waals surface area contributed by atoms with Crippen LogP contribution in [0, 0.1) is 5.92 Å². The predicted molar refractivity (Wildman–Crippen MR) is 130 cm³/mol. The number of hydrogen-bond donors (Lipinski definition) is 2. The number of ether oxygens (including phenoxy) is 1. The van der Waals surface area contributed by atoms with Gasteiger partial charge >= 0.3 is 6.18 Å². The number of anilines is 1. The lowest BCUT2D eigenvalue weighted by molar-refractivity contribution is -0.141. The quantitative estimate of drug-likeness (QED) is 0.476. The molecule has 0 spiro atoms. The van der Waals surface area contributed by atoms with Gasteiger partial charge in [0.25, 0.3) is 5.91 Å². The number of alkyl halides is 3. The largest absolute Gasteiger partial charge is 0.489 e. The highest BCUT2D eigenvalue weighted by atomic mass is 19.4. The van der Waals surface area contributed by atoms with Gasteiger partial charge in [-0.05, 0) is 56.2 Å². The van der Waals surface area contributed by atoms with Gasteiger partial charge in [0, 0.05) is 24.1 Å². The first-order valence-electron chi connectivity index (χ1n) is 12.5. The molecule has 0 radical (unpaired) electrons. The van der Waals surface area contributed by atoms with Crippen LogP contribution in [0.3, 0.4) is 0 Å². The van der Waals surface area contributed by atoms with Crippen molar-refractivity contribution in [3.63, 3.8) is 0 Å². The first-order chi connectivity index (χ1) is 17.7. The maximum atomic E-state index is 13.1. The Balaban J connectivity index is 1.43. The second kappa shape index (κ2) is 10.0. The second-order valence-electron chi connectivity index (χ2n) is 9.90. The molecule has 3 aromatic rings. The van der Waals surface area contributed by atoms with E-state index in [2.05, 4.69) is 22.5 Å². The van der Waals surface area contributed by atoms with Crippen molar-refractivity contribution in [1.29, 1.82) is 0 Å². The molecular weight excluding hydrogens is 487 g/mol. The van der Waals surface area contributed by atoms with Crippen LogP contribution in [0.15, 0.2) is 36.5 Å². The highest BCUT2D eigenvalue weighted by molar-refractivity contribution is 6.05. The van der Waals surface area contributed by atoms with Gasteiger partial charge in [-0.15, -0.1) is 0 Å². The molecule has 2 fully saturated rings. The molecule has 2 aromatic heterocycles. The van der Waals surface area contributed by atoms with E-state index < -0.39 is 17.8 Å². The van der Waals surface area contributed by atoms with Gasteiger partial charge in [-0.1, -0.05) is 13.0 Å². The number of pyridine rings is 1. The van der Waals surface area contributed by atoms with E-state index in [1.807, 2.05) is 10.9 Å². The van der Waals surface area contributed by atoms with Crippen molar-refractivity contribution in [2.45, 2.75) is 63.7 Å². The van der Waals surface area contributed by atoms with Crippen molar-refractivity contribution in [2.75, 3.05) is 11.9 Å². The molecule has 3 heterocycles. The molecule has 1 aliphatic carbocycles. The van der Waals surface area contributed by atoms with Crippen LogP contribution >= 0.6 is 0 Å². The number of nitrogens with zero attached hydrogens (tertiary/aromatic N) is 3. The van der Waals surface area contributed by atoms with E-state index in [9.17, 15) is 22.8 Å². The van der Waals surface area contributed by atoms with E-state index in [-0.39, 0.29) is 36.0 Å². The van der Waals surface area contributed by atoms with Gasteiger partial charge in [0.15, 0.2) is 0 Å². The molecule has 1 atom stereocenters. The Morgan fingerprint density at radius 3 is 2.68 bits per heavy atom. The summed E-state index contributed by atoms with van der Waals surface area (Å²) in [6.45, 7) is 2.43. The fraction of sp³-hybridized carbons (Fsp3) is 0.462. The summed E-state index contributed by atoms with van der Waals surface area (Å²) in [5.74, 6) is 0.173. The van der Waals surface area contributed by atoms with Crippen molar-refractivity contribution < 1.29 is 27.5 Å². The Morgan fingerprint density at radius 1 is 1.19 bits per heavy atom. The Morgan fingerprint density at radius 2 is 1.97 bits per heavy atom. The number of benzene rings is 1. The van der Waals surface area contributed by atoms with Crippen molar-refractivity contribution in [3.05, 3.63) is 47.9 Å². The van der Waals surface area contributed by atoms with Crippen LogP contribution < -0.4 is 15.4 Å². The van der Waals surface area contributed by atoms with Crippen molar-refractivity contribution in [2.24, 2.45) is 5.92 Å². The Kier molecular flexibility index (Phi) is 6.78. The van der Waals surface area contributed by atoms with Gasteiger partial charge < -0.3 is 15.4 Å². The SMILES string of the molecule is CC1CCC(n2cc3cc(NC(=O)c4cccc(C(F)(F)F)n4)c(OC[C@@H]4CCC(=O)N4)cc3n2)CC1. The molecule has 196 valence electrons. The summed E-state index contributed by atoms with van der Waals surface area (Å²) in [6, 6.07) is 6.71. The topological polar surface area (TPSA) is 98.1 Å². The number of fused-ring (bicyclic) bond motifs is 1. The lowest BCUT2D eigenvalue weighted by Gasteiger charge is -2.26. The highest BCUT2D eigenvalue weighted by Gasteiger charge is 2.33. The number of carbonyl (C=O) groups is 2. The molecule has 37 heavy (non-hydrogen) atoms. The molecule has 1 saturated carbocycles. The number of hydrogen-bond acceptors (Lipinski definition) is 5. The summed E-state index contributed by atoms with van der Waals surface area (Å²) in [7, 11) is 0. The summed E-state index contributed by atoms with van der Waals surface area (Å²) in [5.41, 5.74) is -0.541. The van der Waals surface area contributed by atoms with E-state index in [4.69, 9.17) is 9.84 Å². The molecular formula is C26H28F3N5O3. The Bertz CT molecular complexity index is 1310. The van der Waals surface area contributed by atoms with E-state index in [0.717, 1.165) is 43.2 Å². The van der Waals surface area contributed by atoms with Gasteiger partial charge in [-0.3, -0.25) is 14.3 Å². The maximum Gasteiger partial charge on any atom is 0.433 e. The summed E-state index contributed by atoms with van der Waals surface area (Å²) in [5, 5.41) is 11.0. The van der Waals surface area contributed by atoms with Crippen LogP contribution in [-0.2, 0) is 11.0 Å². The lowest BCUT2D eigenvalue weighted by atomic mass is 9.87. The molecule has 1 saturated heterocycles. The number of aromatic nitrogens is 3. The number of amides is 2. The van der Waals surface area contributed by atoms with Gasteiger partial charge in [-0.25, -0.2) is 4.98 Å². The Labute approximate surface area is 211 Å². The maximum absolute atomic E-state index is 13.1. The summed E-state index contributed by atoms with van der Waals surface area (Å²) < 4.78 is 47.2. The van der Waals surface area contributed by atoms with E-state index in [1.54, 1.807) is 12.1 Å². The molecule has 1 aromatic carbocycles. The fourth-order valence-electron chi connectivity index (χ4n) is 4.88. The molecule has 2 N–H and O–H groups in total. The summed E-state index contributed by atoms with van der Waals surface area (Å²) in [4.78, 5) is 27.9. The third kappa shape index (κ3) is 5.70. The van der Waals surface area contributed by atoms with E-state index in [0.29, 0.717) is 30.0 Å². The molecule has 2 aliphatic rings. The Hall–Kier alpha value is -3.63. The minimum absolute atomic E-state index is 0.0475. The van der Waals surface area contributed by atoms with Crippen LogP contribution in [0.25, 0.3) is 10.9 Å². The molecule has 5 rings (SSSR count). The van der Waals surface area contributed by atoms with Crippen LogP contribution in [0.4, 0.5) is 18.9 Å². The fourth-order valence-corrected chi connectivity index (χ4v) is 4.88. The van der Waals surface area contributed by atoms with Gasteiger partial charge in [0.05, 0.1) is 23.3 Å². The van der Waals surface area contributed by atoms with Crippen molar-refractivity contribution >= 4 is 28.4 Å². The third-order valence-corrected chi connectivity index (χ3v) is 7.03. The standard InChI is InChI=1S/C26H28F3N5O3/c1-15-5-8-18(9-6-15)34-13-16-11-21(32-25(36)19-3-2-4-23(31-19)26(27,28)29)22(12-20(16)33-34)37-14-17-7-10-24(35)30-17/h2-4,11-13,15,17-18H,5-10,14H2,1H3,(H,30,35)(H,32,36)/t15?,17-,18?/m0/s1. The van der Waals surface area contributed by atoms with Gasteiger partial charge in [0.1, 0.15) is 23.7 Å². The number of rotatable bonds is 6. The van der Waals surface area contributed by atoms with Gasteiger partial charge in [-0.2, -0.15) is 18.3 Å².